The summed E-state index contributed by atoms with van der Waals surface area (Å²) in [5, 5.41) is 0. The minimum Gasteiger partial charge on any atom is -0.0475 e. The van der Waals surface area contributed by atoms with Crippen LogP contribution in [0.4, 0.5) is 0 Å². The predicted octanol–water partition coefficient (Wildman–Crippen LogP) is 2.79. The van der Waals surface area contributed by atoms with Crippen LogP contribution in [-0.4, -0.2) is 0 Å². The normalized spacial score (nSPS) is 52.2. The van der Waals surface area contributed by atoms with Crippen LogP contribution in [0.1, 0.15) is 38.5 Å². The monoisotopic (exact) mass is 135 g/mol. The minimum atomic E-state index is 1.14. The number of hydrogen-bond donors (Lipinski definition) is 0. The maximum atomic E-state index is 1.93. The van der Waals surface area contributed by atoms with E-state index in [-0.39, 0.29) is 0 Å². The van der Waals surface area contributed by atoms with Crippen molar-refractivity contribution in [1.29, 1.82) is 0 Å². The van der Waals surface area contributed by atoms with Crippen molar-refractivity contribution < 1.29 is 0 Å². The van der Waals surface area contributed by atoms with E-state index in [1.54, 1.807) is 19.3 Å². The molecular weight excluding hydrogens is 120 g/mol. The van der Waals surface area contributed by atoms with Crippen molar-refractivity contribution in [2.45, 2.75) is 38.5 Å². The molecule has 0 aromatic carbocycles. The first kappa shape index (κ1) is 5.62. The van der Waals surface area contributed by atoms with E-state index in [1.807, 2.05) is 5.92 Å². The quantitative estimate of drug-likeness (QED) is 0.479. The third kappa shape index (κ3) is 0.681. The summed E-state index contributed by atoms with van der Waals surface area (Å²) >= 11 is 0. The Hall–Kier alpha value is 0. The molecule has 0 heteroatoms. The Balaban J connectivity index is 1.90. The van der Waals surface area contributed by atoms with Crippen LogP contribution >= 0.6 is 0 Å². The Morgan fingerprint density at radius 2 is 1.10 bits per heavy atom. The molecule has 0 amide bonds. The summed E-state index contributed by atoms with van der Waals surface area (Å²) in [6.07, 6.45) is 9.31. The zero-order valence-electron chi connectivity index (χ0n) is 6.47. The van der Waals surface area contributed by atoms with E-state index in [2.05, 4.69) is 0 Å². The van der Waals surface area contributed by atoms with Gasteiger partial charge in [0.15, 0.2) is 0 Å². The highest BCUT2D eigenvalue weighted by atomic mass is 14.5. The topological polar surface area (TPSA) is 0 Å². The molecular formula is C10H15. The average molecular weight is 135 g/mol. The molecule has 4 bridgehead atoms. The highest BCUT2D eigenvalue weighted by Gasteiger charge is 2.41. The van der Waals surface area contributed by atoms with Gasteiger partial charge in [0.25, 0.3) is 0 Å². The van der Waals surface area contributed by atoms with Crippen LogP contribution < -0.4 is 0 Å². The Morgan fingerprint density at radius 3 is 1.40 bits per heavy atom. The third-order valence-electron chi connectivity index (χ3n) is 3.73. The van der Waals surface area contributed by atoms with Crippen molar-refractivity contribution >= 4 is 0 Å². The van der Waals surface area contributed by atoms with Crippen molar-refractivity contribution in [3.63, 3.8) is 0 Å². The van der Waals surface area contributed by atoms with E-state index in [0.717, 1.165) is 17.8 Å². The average Bonchev–Trinajstić information content (AvgIpc) is 1.82. The summed E-state index contributed by atoms with van der Waals surface area (Å²) in [5.41, 5.74) is 0. The molecule has 0 aromatic heterocycles. The second-order valence-corrected chi connectivity index (χ2v) is 4.67. The smallest absolute Gasteiger partial charge is 0.0233 e. The van der Waals surface area contributed by atoms with Crippen LogP contribution in [0.25, 0.3) is 0 Å². The molecule has 55 valence electrons. The fraction of sp³-hybridized carbons (Fsp3) is 0.900. The standard InChI is InChI=1S/C10H15/c1-7-2-9-4-8(1)5-10(3-7)6-9/h7-9H,1-6H2. The highest BCUT2D eigenvalue weighted by Crippen LogP contribution is 2.54. The first-order valence-electron chi connectivity index (χ1n) is 4.73. The Bertz CT molecular complexity index is 91.6. The largest absolute Gasteiger partial charge is 0.0475 e. The van der Waals surface area contributed by atoms with Gasteiger partial charge in [0.2, 0.25) is 0 Å². The molecule has 0 nitrogen and oxygen atoms in total. The van der Waals surface area contributed by atoms with Gasteiger partial charge in [0, 0.05) is 0 Å². The molecule has 0 spiro atoms. The van der Waals surface area contributed by atoms with Gasteiger partial charge in [-0.3, -0.25) is 0 Å². The SMILES string of the molecule is C1[C]2CC3CC1CC(C2)C3. The molecule has 0 aliphatic heterocycles. The first-order valence-corrected chi connectivity index (χ1v) is 4.73. The van der Waals surface area contributed by atoms with Gasteiger partial charge in [0.1, 0.15) is 0 Å². The lowest BCUT2D eigenvalue weighted by atomic mass is 9.56. The summed E-state index contributed by atoms with van der Waals surface area (Å²) in [6.45, 7) is 0. The van der Waals surface area contributed by atoms with Crippen LogP contribution in [0.15, 0.2) is 0 Å². The lowest BCUT2D eigenvalue weighted by Gasteiger charge is -2.49. The van der Waals surface area contributed by atoms with Crippen LogP contribution in [0, 0.1) is 23.7 Å². The van der Waals surface area contributed by atoms with Crippen molar-refractivity contribution in [3.8, 4) is 0 Å². The maximum Gasteiger partial charge on any atom is -0.0233 e. The lowest BCUT2D eigenvalue weighted by Crippen LogP contribution is -2.37. The lowest BCUT2D eigenvalue weighted by molar-refractivity contribution is 0.0920. The Kier molecular flexibility index (Phi) is 1.00. The van der Waals surface area contributed by atoms with E-state index in [1.165, 1.54) is 19.3 Å². The number of hydrogen-bond acceptors (Lipinski definition) is 0. The Labute approximate surface area is 63.0 Å². The van der Waals surface area contributed by atoms with Gasteiger partial charge in [-0.05, 0) is 62.2 Å². The van der Waals surface area contributed by atoms with Gasteiger partial charge >= 0.3 is 0 Å². The minimum absolute atomic E-state index is 1.14. The third-order valence-corrected chi connectivity index (χ3v) is 3.73. The van der Waals surface area contributed by atoms with Gasteiger partial charge in [-0.1, -0.05) is 0 Å². The zero-order chi connectivity index (χ0) is 6.55. The van der Waals surface area contributed by atoms with Crippen LogP contribution in [0.5, 0.6) is 0 Å². The van der Waals surface area contributed by atoms with Gasteiger partial charge in [-0.2, -0.15) is 0 Å². The van der Waals surface area contributed by atoms with E-state index >= 15 is 0 Å². The van der Waals surface area contributed by atoms with Gasteiger partial charge in [-0.25, -0.2) is 0 Å². The van der Waals surface area contributed by atoms with Gasteiger partial charge in [-0.15, -0.1) is 0 Å². The molecule has 0 atom stereocenters. The molecule has 0 aromatic rings. The second kappa shape index (κ2) is 1.78. The fourth-order valence-electron chi connectivity index (χ4n) is 3.68. The van der Waals surface area contributed by atoms with Crippen molar-refractivity contribution in [2.24, 2.45) is 17.8 Å². The Morgan fingerprint density at radius 1 is 0.700 bits per heavy atom. The molecule has 10 heavy (non-hydrogen) atoms. The second-order valence-electron chi connectivity index (χ2n) is 4.67. The summed E-state index contributed by atoms with van der Waals surface area (Å²) < 4.78 is 0. The molecule has 1 radical (unpaired) electrons. The highest BCUT2D eigenvalue weighted by molar-refractivity contribution is 5.08. The van der Waals surface area contributed by atoms with Crippen molar-refractivity contribution in [2.75, 3.05) is 0 Å². The summed E-state index contributed by atoms with van der Waals surface area (Å²) in [6, 6.07) is 0. The van der Waals surface area contributed by atoms with E-state index in [9.17, 15) is 0 Å². The van der Waals surface area contributed by atoms with Crippen LogP contribution in [0.3, 0.4) is 0 Å². The molecule has 4 aliphatic rings. The number of rotatable bonds is 0. The first-order chi connectivity index (χ1) is 4.90. The predicted molar refractivity (Wildman–Crippen MR) is 41.4 cm³/mol. The van der Waals surface area contributed by atoms with Gasteiger partial charge in [0.05, 0.1) is 0 Å². The van der Waals surface area contributed by atoms with E-state index in [0.29, 0.717) is 0 Å². The van der Waals surface area contributed by atoms with Crippen LogP contribution in [0.2, 0.25) is 0 Å². The van der Waals surface area contributed by atoms with Crippen LogP contribution in [-0.2, 0) is 0 Å². The molecule has 0 N–H and O–H groups in total. The molecule has 0 heterocycles. The summed E-state index contributed by atoms with van der Waals surface area (Å²) in [4.78, 5) is 0. The maximum absolute atomic E-state index is 1.93. The van der Waals surface area contributed by atoms with E-state index < -0.39 is 0 Å². The fourth-order valence-corrected chi connectivity index (χ4v) is 3.68. The molecule has 4 fully saturated rings. The molecule has 4 saturated carbocycles. The van der Waals surface area contributed by atoms with Gasteiger partial charge < -0.3 is 0 Å². The molecule has 4 aliphatic carbocycles. The van der Waals surface area contributed by atoms with Crippen molar-refractivity contribution in [3.05, 3.63) is 5.92 Å². The summed E-state index contributed by atoms with van der Waals surface area (Å²) in [5.74, 6) is 5.35. The molecule has 0 saturated heterocycles. The zero-order valence-corrected chi connectivity index (χ0v) is 6.47. The molecule has 4 rings (SSSR count). The summed E-state index contributed by atoms with van der Waals surface area (Å²) in [7, 11) is 0. The van der Waals surface area contributed by atoms with Crippen molar-refractivity contribution in [1.82, 2.24) is 0 Å². The molecule has 0 unspecified atom stereocenters. The van der Waals surface area contributed by atoms with E-state index in [4.69, 9.17) is 0 Å².